The maximum absolute atomic E-state index is 13.3. The molecule has 2 amide bonds. The zero-order valence-electron chi connectivity index (χ0n) is 16.9. The Bertz CT molecular complexity index is 854. The summed E-state index contributed by atoms with van der Waals surface area (Å²) in [4.78, 5) is 30.0. The molecular formula is C24H29N3O2. The first-order valence-electron chi connectivity index (χ1n) is 10.7. The molecule has 2 heterocycles. The summed E-state index contributed by atoms with van der Waals surface area (Å²) in [7, 11) is 0. The number of nitrogens with zero attached hydrogens (tertiary/aromatic N) is 2. The summed E-state index contributed by atoms with van der Waals surface area (Å²) in [6.45, 7) is 3.62. The first-order chi connectivity index (χ1) is 14.2. The van der Waals surface area contributed by atoms with Crippen LogP contribution in [0.1, 0.15) is 48.0 Å². The Morgan fingerprint density at radius 1 is 0.828 bits per heavy atom. The summed E-state index contributed by atoms with van der Waals surface area (Å²) in [6.07, 6.45) is 5.97. The highest BCUT2D eigenvalue weighted by atomic mass is 16.2. The highest BCUT2D eigenvalue weighted by Crippen LogP contribution is 2.29. The number of hydrogen-bond donors (Lipinski definition) is 1. The number of likely N-dealkylation sites (tertiary alicyclic amines) is 1. The molecule has 0 radical (unpaired) electrons. The summed E-state index contributed by atoms with van der Waals surface area (Å²) < 4.78 is 0. The SMILES string of the molecule is O=C(Cc1ccccc1)Nc1ccc(N2CCCC2)c(C(=O)N2CCCCC2)c1. The van der Waals surface area contributed by atoms with Crippen LogP contribution in [0.3, 0.4) is 0 Å². The minimum absolute atomic E-state index is 0.0681. The number of carbonyl (C=O) groups excluding carboxylic acids is 2. The summed E-state index contributed by atoms with van der Waals surface area (Å²) in [5.74, 6) is 0.0206. The highest BCUT2D eigenvalue weighted by molar-refractivity contribution is 6.02. The van der Waals surface area contributed by atoms with E-state index in [-0.39, 0.29) is 11.8 Å². The minimum Gasteiger partial charge on any atom is -0.371 e. The van der Waals surface area contributed by atoms with E-state index in [1.807, 2.05) is 53.4 Å². The van der Waals surface area contributed by atoms with Crippen molar-refractivity contribution in [2.45, 2.75) is 38.5 Å². The molecule has 0 atom stereocenters. The fourth-order valence-electron chi connectivity index (χ4n) is 4.27. The van der Waals surface area contributed by atoms with E-state index in [0.717, 1.165) is 63.1 Å². The van der Waals surface area contributed by atoms with Gasteiger partial charge in [0.15, 0.2) is 0 Å². The monoisotopic (exact) mass is 391 g/mol. The fraction of sp³-hybridized carbons (Fsp3) is 0.417. The average molecular weight is 392 g/mol. The molecule has 0 aromatic heterocycles. The van der Waals surface area contributed by atoms with E-state index in [2.05, 4.69) is 10.2 Å². The zero-order valence-corrected chi connectivity index (χ0v) is 16.9. The van der Waals surface area contributed by atoms with Crippen molar-refractivity contribution in [2.75, 3.05) is 36.4 Å². The Balaban J connectivity index is 1.55. The molecule has 2 saturated heterocycles. The lowest BCUT2D eigenvalue weighted by molar-refractivity contribution is -0.115. The van der Waals surface area contributed by atoms with Crippen LogP contribution in [0.5, 0.6) is 0 Å². The second kappa shape index (κ2) is 9.12. The normalized spacial score (nSPS) is 16.7. The Kier molecular flexibility index (Phi) is 6.13. The standard InChI is InChI=1S/C24H29N3O2/c28-23(17-19-9-3-1-4-10-19)25-20-11-12-22(26-13-7-8-14-26)21(18-20)24(29)27-15-5-2-6-16-27/h1,3-4,9-12,18H,2,5-8,13-17H2,(H,25,28). The molecule has 2 aromatic carbocycles. The largest absolute Gasteiger partial charge is 0.371 e. The van der Waals surface area contributed by atoms with Crippen molar-refractivity contribution in [2.24, 2.45) is 0 Å². The number of piperidine rings is 1. The predicted octanol–water partition coefficient (Wildman–Crippen LogP) is 4.09. The molecule has 2 fully saturated rings. The molecule has 0 unspecified atom stereocenters. The Hall–Kier alpha value is -2.82. The van der Waals surface area contributed by atoms with E-state index < -0.39 is 0 Å². The third-order valence-electron chi connectivity index (χ3n) is 5.81. The first kappa shape index (κ1) is 19.5. The van der Waals surface area contributed by atoms with Crippen molar-refractivity contribution >= 4 is 23.2 Å². The highest BCUT2D eigenvalue weighted by Gasteiger charge is 2.25. The van der Waals surface area contributed by atoms with Crippen molar-refractivity contribution < 1.29 is 9.59 Å². The Morgan fingerprint density at radius 3 is 2.24 bits per heavy atom. The maximum atomic E-state index is 13.3. The van der Waals surface area contributed by atoms with Crippen LogP contribution in [0.15, 0.2) is 48.5 Å². The van der Waals surface area contributed by atoms with Gasteiger partial charge in [0.25, 0.3) is 5.91 Å². The van der Waals surface area contributed by atoms with Crippen molar-refractivity contribution in [1.29, 1.82) is 0 Å². The molecule has 2 aromatic rings. The van der Waals surface area contributed by atoms with Crippen molar-refractivity contribution in [3.05, 3.63) is 59.7 Å². The first-order valence-corrected chi connectivity index (χ1v) is 10.7. The molecule has 4 rings (SSSR count). The number of rotatable bonds is 5. The number of carbonyl (C=O) groups is 2. The number of amides is 2. The third-order valence-corrected chi connectivity index (χ3v) is 5.81. The summed E-state index contributed by atoms with van der Waals surface area (Å²) in [5, 5.41) is 2.98. The van der Waals surface area contributed by atoms with Gasteiger partial charge in [0.1, 0.15) is 0 Å². The van der Waals surface area contributed by atoms with E-state index in [0.29, 0.717) is 17.7 Å². The molecule has 2 aliphatic rings. The van der Waals surface area contributed by atoms with E-state index in [1.165, 1.54) is 6.42 Å². The minimum atomic E-state index is -0.0681. The molecule has 5 heteroatoms. The Morgan fingerprint density at radius 2 is 1.52 bits per heavy atom. The molecule has 2 aliphatic heterocycles. The van der Waals surface area contributed by atoms with Crippen LogP contribution < -0.4 is 10.2 Å². The van der Waals surface area contributed by atoms with Crippen LogP contribution in [0.2, 0.25) is 0 Å². The molecule has 0 spiro atoms. The molecular weight excluding hydrogens is 362 g/mol. The number of nitrogens with one attached hydrogen (secondary N) is 1. The van der Waals surface area contributed by atoms with E-state index in [9.17, 15) is 9.59 Å². The van der Waals surface area contributed by atoms with Crippen LogP contribution in [0.4, 0.5) is 11.4 Å². The maximum Gasteiger partial charge on any atom is 0.256 e. The van der Waals surface area contributed by atoms with Gasteiger partial charge in [-0.25, -0.2) is 0 Å². The van der Waals surface area contributed by atoms with Crippen molar-refractivity contribution in [3.63, 3.8) is 0 Å². The van der Waals surface area contributed by atoms with Crippen LogP contribution in [-0.2, 0) is 11.2 Å². The molecule has 1 N–H and O–H groups in total. The van der Waals surface area contributed by atoms with Gasteiger partial charge in [-0.1, -0.05) is 30.3 Å². The van der Waals surface area contributed by atoms with E-state index in [4.69, 9.17) is 0 Å². The lowest BCUT2D eigenvalue weighted by Gasteiger charge is -2.29. The van der Waals surface area contributed by atoms with E-state index >= 15 is 0 Å². The van der Waals surface area contributed by atoms with Gasteiger partial charge in [-0.2, -0.15) is 0 Å². The smallest absolute Gasteiger partial charge is 0.256 e. The number of hydrogen-bond acceptors (Lipinski definition) is 3. The molecule has 0 aliphatic carbocycles. The molecule has 0 bridgehead atoms. The van der Waals surface area contributed by atoms with Gasteiger partial charge < -0.3 is 15.1 Å². The van der Waals surface area contributed by atoms with Crippen LogP contribution >= 0.6 is 0 Å². The topological polar surface area (TPSA) is 52.7 Å². The fourth-order valence-corrected chi connectivity index (χ4v) is 4.27. The van der Waals surface area contributed by atoms with Crippen molar-refractivity contribution in [1.82, 2.24) is 4.90 Å². The van der Waals surface area contributed by atoms with Crippen LogP contribution in [0.25, 0.3) is 0 Å². The zero-order chi connectivity index (χ0) is 20.1. The second-order valence-electron chi connectivity index (χ2n) is 7.99. The quantitative estimate of drug-likeness (QED) is 0.835. The second-order valence-corrected chi connectivity index (χ2v) is 7.99. The third kappa shape index (κ3) is 4.78. The van der Waals surface area contributed by atoms with Crippen LogP contribution in [0, 0.1) is 0 Å². The van der Waals surface area contributed by atoms with Gasteiger partial charge in [-0.15, -0.1) is 0 Å². The molecule has 5 nitrogen and oxygen atoms in total. The van der Waals surface area contributed by atoms with Gasteiger partial charge in [0.2, 0.25) is 5.91 Å². The van der Waals surface area contributed by atoms with Gasteiger partial charge in [0, 0.05) is 37.6 Å². The molecule has 29 heavy (non-hydrogen) atoms. The van der Waals surface area contributed by atoms with Gasteiger partial charge in [0.05, 0.1) is 12.0 Å². The summed E-state index contributed by atoms with van der Waals surface area (Å²) in [6, 6.07) is 15.5. The number of anilines is 2. The lowest BCUT2D eigenvalue weighted by atomic mass is 10.1. The van der Waals surface area contributed by atoms with Crippen LogP contribution in [-0.4, -0.2) is 42.9 Å². The average Bonchev–Trinajstić information content (AvgIpc) is 3.29. The van der Waals surface area contributed by atoms with Gasteiger partial charge >= 0.3 is 0 Å². The molecule has 152 valence electrons. The van der Waals surface area contributed by atoms with Gasteiger partial charge in [-0.05, 0) is 55.9 Å². The van der Waals surface area contributed by atoms with E-state index in [1.54, 1.807) is 0 Å². The molecule has 0 saturated carbocycles. The summed E-state index contributed by atoms with van der Waals surface area (Å²) >= 11 is 0. The predicted molar refractivity (Wildman–Crippen MR) is 116 cm³/mol. The number of benzene rings is 2. The van der Waals surface area contributed by atoms with Crippen molar-refractivity contribution in [3.8, 4) is 0 Å². The van der Waals surface area contributed by atoms with Gasteiger partial charge in [-0.3, -0.25) is 9.59 Å². The summed E-state index contributed by atoms with van der Waals surface area (Å²) in [5.41, 5.74) is 3.38. The Labute approximate surface area is 172 Å². The lowest BCUT2D eigenvalue weighted by Crippen LogP contribution is -2.36.